The van der Waals surface area contributed by atoms with E-state index in [1.807, 2.05) is 25.0 Å². The van der Waals surface area contributed by atoms with E-state index in [1.54, 1.807) is 36.4 Å². The van der Waals surface area contributed by atoms with Crippen LogP contribution in [0.4, 0.5) is 0 Å². The Balaban J connectivity index is 0.000000488. The Labute approximate surface area is 146 Å². The van der Waals surface area contributed by atoms with Gasteiger partial charge in [0.15, 0.2) is 0 Å². The predicted molar refractivity (Wildman–Crippen MR) is 100 cm³/mol. The van der Waals surface area contributed by atoms with Gasteiger partial charge in [-0.15, -0.1) is 0 Å². The van der Waals surface area contributed by atoms with Gasteiger partial charge >= 0.3 is 0 Å². The molecule has 0 saturated carbocycles. The summed E-state index contributed by atoms with van der Waals surface area (Å²) >= 11 is 0. The molecule has 0 atom stereocenters. The molecule has 0 aliphatic rings. The third-order valence-electron chi connectivity index (χ3n) is 3.44. The summed E-state index contributed by atoms with van der Waals surface area (Å²) in [5, 5.41) is 17.8. The number of hydrogen-bond acceptors (Lipinski definition) is 3. The molecule has 0 saturated heterocycles. The van der Waals surface area contributed by atoms with Crippen molar-refractivity contribution in [3.05, 3.63) is 60.2 Å². The lowest BCUT2D eigenvalue weighted by Gasteiger charge is -2.04. The van der Waals surface area contributed by atoms with Gasteiger partial charge in [0.2, 0.25) is 0 Å². The summed E-state index contributed by atoms with van der Waals surface area (Å²) in [4.78, 5) is 8.00. The molecular formula is C21H30O3. The minimum absolute atomic E-state index is 0.322. The second-order valence-electron chi connectivity index (χ2n) is 6.00. The zero-order chi connectivity index (χ0) is 18.2. The van der Waals surface area contributed by atoms with Crippen LogP contribution in [0.15, 0.2) is 54.6 Å². The van der Waals surface area contributed by atoms with Crippen LogP contribution < -0.4 is 0 Å². The number of carbonyl (C=O) groups is 1. The molecule has 0 aromatic heterocycles. The Kier molecular flexibility index (Phi) is 12.9. The second-order valence-corrected chi connectivity index (χ2v) is 6.00. The van der Waals surface area contributed by atoms with Crippen LogP contribution in [0.1, 0.15) is 45.1 Å². The first-order valence-electron chi connectivity index (χ1n) is 8.38. The average molecular weight is 330 g/mol. The summed E-state index contributed by atoms with van der Waals surface area (Å²) in [6.07, 6.45) is 6.40. The number of hydrogen-bond donors (Lipinski definition) is 2. The molecule has 24 heavy (non-hydrogen) atoms. The number of carbonyl (C=O) groups excluding carboxylic acids is 1. The number of phenolic OH excluding ortho intramolecular Hbond substituents is 2. The highest BCUT2D eigenvalue weighted by Crippen LogP contribution is 2.14. The second kappa shape index (κ2) is 14.3. The number of phenols is 2. The molecule has 0 aliphatic carbocycles. The minimum Gasteiger partial charge on any atom is -0.508 e. The van der Waals surface area contributed by atoms with Gasteiger partial charge in [0.05, 0.1) is 0 Å². The van der Waals surface area contributed by atoms with Crippen molar-refractivity contribution in [3.63, 3.8) is 0 Å². The summed E-state index contributed by atoms with van der Waals surface area (Å²) in [5.41, 5.74) is 1.33. The molecule has 0 unspecified atom stereocenters. The topological polar surface area (TPSA) is 57.5 Å². The maximum atomic E-state index is 9.13. The minimum atomic E-state index is 0.322. The fourth-order valence-electron chi connectivity index (χ4n) is 2.15. The predicted octanol–water partition coefficient (Wildman–Crippen LogP) is 5.36. The van der Waals surface area contributed by atoms with Crippen LogP contribution in [0.2, 0.25) is 0 Å². The molecule has 2 N–H and O–H groups in total. The highest BCUT2D eigenvalue weighted by atomic mass is 16.3. The van der Waals surface area contributed by atoms with Crippen molar-refractivity contribution in [2.24, 2.45) is 5.92 Å². The van der Waals surface area contributed by atoms with Crippen LogP contribution in [0.3, 0.4) is 0 Å². The fourth-order valence-corrected chi connectivity index (χ4v) is 2.15. The molecule has 2 aromatic carbocycles. The van der Waals surface area contributed by atoms with E-state index in [4.69, 9.17) is 15.0 Å². The first-order chi connectivity index (χ1) is 11.6. The maximum Gasteiger partial charge on any atom is 0.115 e. The Bertz CT molecular complexity index is 506. The van der Waals surface area contributed by atoms with E-state index in [2.05, 4.69) is 13.8 Å². The van der Waals surface area contributed by atoms with Crippen molar-refractivity contribution in [2.45, 2.75) is 46.0 Å². The molecule has 0 amide bonds. The van der Waals surface area contributed by atoms with E-state index < -0.39 is 0 Å². The average Bonchev–Trinajstić information content (AvgIpc) is 2.59. The molecule has 0 spiro atoms. The van der Waals surface area contributed by atoms with Crippen molar-refractivity contribution < 1.29 is 15.0 Å². The van der Waals surface area contributed by atoms with Gasteiger partial charge in [0.25, 0.3) is 0 Å². The molecule has 0 bridgehead atoms. The molecule has 0 radical (unpaired) electrons. The first kappa shape index (κ1) is 21.7. The number of rotatable bonds is 6. The monoisotopic (exact) mass is 330 g/mol. The molecule has 2 rings (SSSR count). The highest BCUT2D eigenvalue weighted by Gasteiger charge is 1.96. The molecule has 3 nitrogen and oxygen atoms in total. The van der Waals surface area contributed by atoms with E-state index in [0.29, 0.717) is 11.5 Å². The van der Waals surface area contributed by atoms with Crippen LogP contribution in [-0.4, -0.2) is 17.0 Å². The Morgan fingerprint density at radius 2 is 1.33 bits per heavy atom. The van der Waals surface area contributed by atoms with Gasteiger partial charge in [0, 0.05) is 0 Å². The highest BCUT2D eigenvalue weighted by molar-refractivity contribution is 5.25. The van der Waals surface area contributed by atoms with E-state index in [9.17, 15) is 0 Å². The van der Waals surface area contributed by atoms with Crippen LogP contribution in [0.5, 0.6) is 11.5 Å². The van der Waals surface area contributed by atoms with Crippen molar-refractivity contribution in [1.82, 2.24) is 0 Å². The van der Waals surface area contributed by atoms with E-state index in [1.165, 1.54) is 31.2 Å². The van der Waals surface area contributed by atoms with Crippen LogP contribution >= 0.6 is 0 Å². The van der Waals surface area contributed by atoms with Crippen LogP contribution in [0, 0.1) is 5.92 Å². The zero-order valence-electron chi connectivity index (χ0n) is 14.8. The molecule has 3 heteroatoms. The lowest BCUT2D eigenvalue weighted by molar-refractivity contribution is -0.0979. The lowest BCUT2D eigenvalue weighted by atomic mass is 10.0. The van der Waals surface area contributed by atoms with Gasteiger partial charge in [-0.05, 0) is 48.6 Å². The standard InChI is InChI=1S/C14H22O.C6H6O.CH2O/c1-12(2)6-4-3-5-7-13-8-10-14(15)11-9-13;7-6-4-2-1-3-5-6;1-2/h8-12,15H,3-7H2,1-2H3;1-5,7H;1H2. The maximum absolute atomic E-state index is 9.13. The molecule has 0 heterocycles. The van der Waals surface area contributed by atoms with Gasteiger partial charge in [-0.3, -0.25) is 0 Å². The van der Waals surface area contributed by atoms with Gasteiger partial charge in [-0.1, -0.05) is 63.4 Å². The third kappa shape index (κ3) is 12.3. The van der Waals surface area contributed by atoms with E-state index in [0.717, 1.165) is 12.3 Å². The number of aryl methyl sites for hydroxylation is 1. The van der Waals surface area contributed by atoms with Crippen LogP contribution in [0.25, 0.3) is 0 Å². The molecule has 0 fully saturated rings. The smallest absolute Gasteiger partial charge is 0.115 e. The Morgan fingerprint density at radius 1 is 0.792 bits per heavy atom. The van der Waals surface area contributed by atoms with Gasteiger partial charge in [0.1, 0.15) is 18.3 Å². The number of para-hydroxylation sites is 1. The van der Waals surface area contributed by atoms with Crippen molar-refractivity contribution in [2.75, 3.05) is 0 Å². The summed E-state index contributed by atoms with van der Waals surface area (Å²) in [5.74, 6) is 1.51. The van der Waals surface area contributed by atoms with Crippen molar-refractivity contribution >= 4 is 6.79 Å². The molecular weight excluding hydrogens is 300 g/mol. The summed E-state index contributed by atoms with van der Waals surface area (Å²) in [6.45, 7) is 6.56. The van der Waals surface area contributed by atoms with Crippen LogP contribution in [-0.2, 0) is 11.2 Å². The number of benzene rings is 2. The first-order valence-corrected chi connectivity index (χ1v) is 8.38. The molecule has 132 valence electrons. The van der Waals surface area contributed by atoms with Gasteiger partial charge in [-0.25, -0.2) is 0 Å². The third-order valence-corrected chi connectivity index (χ3v) is 3.44. The number of aromatic hydroxyl groups is 2. The zero-order valence-corrected chi connectivity index (χ0v) is 14.8. The quantitative estimate of drug-likeness (QED) is 0.701. The summed E-state index contributed by atoms with van der Waals surface area (Å²) in [6, 6.07) is 16.3. The lowest BCUT2D eigenvalue weighted by Crippen LogP contribution is -1.89. The Hall–Kier alpha value is -2.29. The van der Waals surface area contributed by atoms with E-state index >= 15 is 0 Å². The van der Waals surface area contributed by atoms with E-state index in [-0.39, 0.29) is 0 Å². The Morgan fingerprint density at radius 3 is 1.79 bits per heavy atom. The molecule has 2 aromatic rings. The number of unbranched alkanes of at least 4 members (excludes halogenated alkanes) is 2. The van der Waals surface area contributed by atoms with Gasteiger partial charge in [-0.2, -0.15) is 0 Å². The SMILES string of the molecule is C=O.CC(C)CCCCCc1ccc(O)cc1.Oc1ccccc1. The van der Waals surface area contributed by atoms with Crippen molar-refractivity contribution in [1.29, 1.82) is 0 Å². The normalized spacial score (nSPS) is 9.46. The fraction of sp³-hybridized carbons (Fsp3) is 0.381. The largest absolute Gasteiger partial charge is 0.508 e. The van der Waals surface area contributed by atoms with Crippen molar-refractivity contribution in [3.8, 4) is 11.5 Å². The summed E-state index contributed by atoms with van der Waals surface area (Å²) < 4.78 is 0. The van der Waals surface area contributed by atoms with Gasteiger partial charge < -0.3 is 15.0 Å². The molecule has 0 aliphatic heterocycles. The summed E-state index contributed by atoms with van der Waals surface area (Å²) in [7, 11) is 0.